The monoisotopic (exact) mass is 228 g/mol. The van der Waals surface area contributed by atoms with E-state index < -0.39 is 10.0 Å². The molecule has 0 aromatic carbocycles. The van der Waals surface area contributed by atoms with Crippen LogP contribution in [0.5, 0.6) is 0 Å². The Balaban J connectivity index is 2.17. The summed E-state index contributed by atoms with van der Waals surface area (Å²) in [6, 6.07) is 0. The van der Waals surface area contributed by atoms with Crippen molar-refractivity contribution in [3.63, 3.8) is 0 Å². The topological polar surface area (TPSA) is 0 Å². The highest BCUT2D eigenvalue weighted by atomic mass is 32.3. The molecule has 1 atom stereocenters. The lowest BCUT2D eigenvalue weighted by atomic mass is 9.70. The fraction of sp³-hybridized carbons (Fsp3) is 1.00. The Morgan fingerprint density at radius 2 is 1.47 bits per heavy atom. The third-order valence-electron chi connectivity index (χ3n) is 5.32. The molecule has 0 N–H and O–H groups in total. The molecule has 0 heterocycles. The zero-order valence-corrected chi connectivity index (χ0v) is 12.0. The molecule has 0 amide bonds. The maximum absolute atomic E-state index is 2.60. The Morgan fingerprint density at radius 1 is 0.933 bits per heavy atom. The van der Waals surface area contributed by atoms with Crippen LogP contribution in [0.25, 0.3) is 0 Å². The maximum atomic E-state index is 2.60. The van der Waals surface area contributed by atoms with Crippen LogP contribution in [0.4, 0.5) is 0 Å². The summed E-state index contributed by atoms with van der Waals surface area (Å²) in [5, 5.41) is 1.07. The normalized spacial score (nSPS) is 38.1. The fourth-order valence-electron chi connectivity index (χ4n) is 3.49. The van der Waals surface area contributed by atoms with Gasteiger partial charge in [0.25, 0.3) is 0 Å². The zero-order chi connectivity index (χ0) is 11.3. The van der Waals surface area contributed by atoms with Crippen molar-refractivity contribution in [2.24, 2.45) is 11.8 Å². The first-order valence-electron chi connectivity index (χ1n) is 6.54. The number of fused-ring (bicyclic) bond motifs is 3. The predicted octanol–water partition coefficient (Wildman–Crippen LogP) is 4.43. The van der Waals surface area contributed by atoms with Crippen LogP contribution in [0.1, 0.15) is 52.9 Å². The lowest BCUT2D eigenvalue weighted by Gasteiger charge is -2.58. The van der Waals surface area contributed by atoms with E-state index in [1.165, 1.54) is 0 Å². The molecule has 1 heteroatoms. The molecule has 0 radical (unpaired) electrons. The summed E-state index contributed by atoms with van der Waals surface area (Å²) in [6.07, 6.45) is 12.9. The van der Waals surface area contributed by atoms with Gasteiger partial charge in [-0.05, 0) is 53.6 Å². The van der Waals surface area contributed by atoms with Crippen LogP contribution < -0.4 is 0 Å². The van der Waals surface area contributed by atoms with Gasteiger partial charge in [-0.25, -0.2) is 10.0 Å². The molecule has 90 valence electrons. The van der Waals surface area contributed by atoms with Crippen LogP contribution >= 0.6 is 10.0 Å². The highest BCUT2D eigenvalue weighted by molar-refractivity contribution is 8.34. The standard InChI is InChI=1S/C14H28S/c1-14(2,3)15(4,5)13-10-11-6-8-12(13)9-7-11/h11-13H,6-10H2,1-5H3. The largest absolute Gasteiger partial charge is 0.239 e. The van der Waals surface area contributed by atoms with E-state index in [1.807, 2.05) is 0 Å². The minimum absolute atomic E-state index is 0.430. The smallest absolute Gasteiger partial charge is 0.00812 e. The van der Waals surface area contributed by atoms with Gasteiger partial charge >= 0.3 is 0 Å². The summed E-state index contributed by atoms with van der Waals surface area (Å²) < 4.78 is 0.537. The average molecular weight is 228 g/mol. The van der Waals surface area contributed by atoms with E-state index in [0.29, 0.717) is 4.75 Å². The molecule has 0 spiro atoms. The van der Waals surface area contributed by atoms with Crippen LogP contribution in [-0.4, -0.2) is 22.5 Å². The van der Waals surface area contributed by atoms with E-state index in [1.54, 1.807) is 32.1 Å². The maximum Gasteiger partial charge on any atom is -0.00812 e. The molecule has 0 aromatic heterocycles. The van der Waals surface area contributed by atoms with Gasteiger partial charge in [-0.3, -0.25) is 0 Å². The van der Waals surface area contributed by atoms with Crippen molar-refractivity contribution in [1.29, 1.82) is 0 Å². The van der Waals surface area contributed by atoms with Crippen LogP contribution in [0.3, 0.4) is 0 Å². The lowest BCUT2D eigenvalue weighted by molar-refractivity contribution is 0.182. The Kier molecular flexibility index (Phi) is 2.90. The van der Waals surface area contributed by atoms with Gasteiger partial charge < -0.3 is 0 Å². The Labute approximate surface area is 97.5 Å². The average Bonchev–Trinajstić information content (AvgIpc) is 2.17. The molecule has 2 bridgehead atoms. The van der Waals surface area contributed by atoms with Gasteiger partial charge in [0.1, 0.15) is 0 Å². The zero-order valence-electron chi connectivity index (χ0n) is 11.2. The van der Waals surface area contributed by atoms with E-state index in [9.17, 15) is 0 Å². The van der Waals surface area contributed by atoms with Crippen molar-refractivity contribution >= 4 is 10.0 Å². The van der Waals surface area contributed by atoms with Crippen molar-refractivity contribution in [3.8, 4) is 0 Å². The molecule has 0 saturated heterocycles. The van der Waals surface area contributed by atoms with Crippen molar-refractivity contribution in [2.75, 3.05) is 12.5 Å². The molecule has 0 nitrogen and oxygen atoms in total. The minimum Gasteiger partial charge on any atom is -0.239 e. The summed E-state index contributed by atoms with van der Waals surface area (Å²) in [5.41, 5.74) is 0. The van der Waals surface area contributed by atoms with Crippen LogP contribution in [-0.2, 0) is 0 Å². The van der Waals surface area contributed by atoms with Gasteiger partial charge in [0.15, 0.2) is 0 Å². The van der Waals surface area contributed by atoms with Crippen molar-refractivity contribution in [3.05, 3.63) is 0 Å². The molecule has 3 saturated carbocycles. The fourth-order valence-corrected chi connectivity index (χ4v) is 6.39. The van der Waals surface area contributed by atoms with Crippen molar-refractivity contribution in [1.82, 2.24) is 0 Å². The van der Waals surface area contributed by atoms with E-state index >= 15 is 0 Å². The first-order valence-corrected chi connectivity index (χ1v) is 9.05. The summed E-state index contributed by atoms with van der Waals surface area (Å²) >= 11 is 0. The summed E-state index contributed by atoms with van der Waals surface area (Å²) in [7, 11) is -0.430. The lowest BCUT2D eigenvalue weighted by Crippen LogP contribution is -2.43. The highest BCUT2D eigenvalue weighted by Gasteiger charge is 2.45. The molecule has 0 aliphatic heterocycles. The van der Waals surface area contributed by atoms with Gasteiger partial charge in [-0.1, -0.05) is 33.6 Å². The summed E-state index contributed by atoms with van der Waals surface area (Å²) in [4.78, 5) is 0. The van der Waals surface area contributed by atoms with E-state index in [-0.39, 0.29) is 0 Å². The van der Waals surface area contributed by atoms with Crippen molar-refractivity contribution in [2.45, 2.75) is 62.9 Å². The third kappa shape index (κ3) is 1.97. The molecular formula is C14H28S. The molecular weight excluding hydrogens is 200 g/mol. The second-order valence-electron chi connectivity index (χ2n) is 7.07. The highest BCUT2D eigenvalue weighted by Crippen LogP contribution is 2.64. The number of hydrogen-bond donors (Lipinski definition) is 0. The molecule has 3 rings (SSSR count). The van der Waals surface area contributed by atoms with Crippen LogP contribution in [0, 0.1) is 11.8 Å². The van der Waals surface area contributed by atoms with E-state index in [2.05, 4.69) is 33.3 Å². The number of rotatable bonds is 1. The summed E-state index contributed by atoms with van der Waals surface area (Å²) in [6.45, 7) is 7.39. The predicted molar refractivity (Wildman–Crippen MR) is 73.0 cm³/mol. The third-order valence-corrected chi connectivity index (χ3v) is 10.6. The Hall–Kier alpha value is 0.350. The SMILES string of the molecule is CC(C)(C)S(C)(C)C1CC2CCC1CC2. The second kappa shape index (κ2) is 3.68. The van der Waals surface area contributed by atoms with Gasteiger partial charge in [0, 0.05) is 0 Å². The first kappa shape index (κ1) is 11.8. The minimum atomic E-state index is -0.430. The molecule has 15 heavy (non-hydrogen) atoms. The van der Waals surface area contributed by atoms with E-state index in [0.717, 1.165) is 17.1 Å². The van der Waals surface area contributed by atoms with Crippen molar-refractivity contribution < 1.29 is 0 Å². The second-order valence-corrected chi connectivity index (χ2v) is 11.7. The van der Waals surface area contributed by atoms with Gasteiger partial charge in [0.05, 0.1) is 0 Å². The Bertz CT molecular complexity index is 228. The molecule has 3 aliphatic rings. The van der Waals surface area contributed by atoms with Gasteiger partial charge in [-0.15, -0.1) is 0 Å². The molecule has 3 fully saturated rings. The van der Waals surface area contributed by atoms with Crippen LogP contribution in [0.2, 0.25) is 0 Å². The van der Waals surface area contributed by atoms with Gasteiger partial charge in [0.2, 0.25) is 0 Å². The van der Waals surface area contributed by atoms with Crippen LogP contribution in [0.15, 0.2) is 0 Å². The first-order chi connectivity index (χ1) is 6.82. The number of hydrogen-bond acceptors (Lipinski definition) is 0. The van der Waals surface area contributed by atoms with E-state index in [4.69, 9.17) is 0 Å². The molecule has 1 unspecified atom stereocenters. The quantitative estimate of drug-likeness (QED) is 0.623. The molecule has 0 aromatic rings. The van der Waals surface area contributed by atoms with Gasteiger partial charge in [-0.2, -0.15) is 0 Å². The Morgan fingerprint density at radius 3 is 1.80 bits per heavy atom. The molecule has 3 aliphatic carbocycles. The summed E-state index contributed by atoms with van der Waals surface area (Å²) in [5.74, 6) is 2.17.